The van der Waals surface area contributed by atoms with Crippen molar-refractivity contribution in [2.75, 3.05) is 30.8 Å². The van der Waals surface area contributed by atoms with Crippen LogP contribution in [0.25, 0.3) is 0 Å². The molecule has 2 aromatic rings. The summed E-state index contributed by atoms with van der Waals surface area (Å²) in [4.78, 5) is 37.0. The van der Waals surface area contributed by atoms with Crippen molar-refractivity contribution in [1.29, 1.82) is 0 Å². The average Bonchev–Trinajstić information content (AvgIpc) is 2.95. The van der Waals surface area contributed by atoms with E-state index in [2.05, 4.69) is 31.9 Å². The van der Waals surface area contributed by atoms with Crippen molar-refractivity contribution in [3.8, 4) is 0 Å². The van der Waals surface area contributed by atoms with Gasteiger partial charge in [0, 0.05) is 17.2 Å². The van der Waals surface area contributed by atoms with E-state index < -0.39 is 5.97 Å². The molecular weight excluding hydrogens is 434 g/mol. The van der Waals surface area contributed by atoms with Gasteiger partial charge in [0.05, 0.1) is 23.6 Å². The molecule has 1 aromatic carbocycles. The summed E-state index contributed by atoms with van der Waals surface area (Å²) in [7, 11) is 1.51. The summed E-state index contributed by atoms with van der Waals surface area (Å²) in [6.07, 6.45) is 0. The van der Waals surface area contributed by atoms with Crippen LogP contribution in [-0.2, 0) is 9.53 Å². The third-order valence-corrected chi connectivity index (χ3v) is 5.29. The highest BCUT2D eigenvalue weighted by atomic mass is 79.9. The van der Waals surface area contributed by atoms with E-state index in [1.54, 1.807) is 13.8 Å². The van der Waals surface area contributed by atoms with Crippen LogP contribution >= 0.6 is 27.3 Å². The van der Waals surface area contributed by atoms with Gasteiger partial charge in [-0.3, -0.25) is 9.59 Å². The van der Waals surface area contributed by atoms with E-state index in [0.29, 0.717) is 15.4 Å². The number of hydrogen-bond donors (Lipinski definition) is 3. The number of halogens is 1. The largest absolute Gasteiger partial charge is 0.462 e. The molecule has 0 unspecified atom stereocenters. The Morgan fingerprint density at radius 1 is 1.26 bits per heavy atom. The van der Waals surface area contributed by atoms with Crippen molar-refractivity contribution in [3.63, 3.8) is 0 Å². The van der Waals surface area contributed by atoms with E-state index in [-0.39, 0.29) is 30.5 Å². The summed E-state index contributed by atoms with van der Waals surface area (Å²) in [5.74, 6) is -1.24. The number of nitrogens with one attached hydrogen (secondary N) is 3. The van der Waals surface area contributed by atoms with Crippen molar-refractivity contribution in [3.05, 3.63) is 44.7 Å². The first-order valence-electron chi connectivity index (χ1n) is 8.19. The lowest BCUT2D eigenvalue weighted by molar-refractivity contribution is -0.114. The molecule has 0 aliphatic rings. The second-order valence-electron chi connectivity index (χ2n) is 5.47. The number of thiophene rings is 1. The lowest BCUT2D eigenvalue weighted by Gasteiger charge is -2.09. The van der Waals surface area contributed by atoms with Crippen molar-refractivity contribution in [1.82, 2.24) is 5.32 Å². The van der Waals surface area contributed by atoms with Gasteiger partial charge in [-0.05, 0) is 37.6 Å². The Balaban J connectivity index is 2.19. The van der Waals surface area contributed by atoms with Crippen LogP contribution in [0.3, 0.4) is 0 Å². The van der Waals surface area contributed by atoms with Gasteiger partial charge in [-0.15, -0.1) is 11.3 Å². The molecule has 2 rings (SSSR count). The van der Waals surface area contributed by atoms with Crippen LogP contribution in [0.5, 0.6) is 0 Å². The number of esters is 1. The van der Waals surface area contributed by atoms with Crippen LogP contribution < -0.4 is 16.0 Å². The maximum atomic E-state index is 12.3. The van der Waals surface area contributed by atoms with Gasteiger partial charge < -0.3 is 20.7 Å². The molecule has 9 heteroatoms. The molecular formula is C18H20BrN3O4S. The first-order valence-corrected chi connectivity index (χ1v) is 9.80. The quantitative estimate of drug-likeness (QED) is 0.558. The number of anilines is 2. The molecule has 0 atom stereocenters. The molecule has 0 fully saturated rings. The Labute approximate surface area is 169 Å². The lowest BCUT2D eigenvalue weighted by atomic mass is 10.1. The third-order valence-electron chi connectivity index (χ3n) is 3.59. The molecule has 0 aliphatic carbocycles. The Hall–Kier alpha value is -2.39. The van der Waals surface area contributed by atoms with Gasteiger partial charge in [-0.2, -0.15) is 0 Å². The maximum absolute atomic E-state index is 12.3. The number of carbonyl (C=O) groups is 3. The molecule has 0 bridgehead atoms. The van der Waals surface area contributed by atoms with Crippen molar-refractivity contribution in [2.45, 2.75) is 13.8 Å². The Morgan fingerprint density at radius 2 is 2.00 bits per heavy atom. The zero-order valence-corrected chi connectivity index (χ0v) is 17.5. The normalized spacial score (nSPS) is 10.2. The molecule has 27 heavy (non-hydrogen) atoms. The minimum Gasteiger partial charge on any atom is -0.462 e. The van der Waals surface area contributed by atoms with Gasteiger partial charge in [0.1, 0.15) is 5.00 Å². The fourth-order valence-electron chi connectivity index (χ4n) is 2.33. The summed E-state index contributed by atoms with van der Waals surface area (Å²) in [6.45, 7) is 3.55. The highest BCUT2D eigenvalue weighted by molar-refractivity contribution is 9.10. The molecule has 0 radical (unpaired) electrons. The SMILES string of the molecule is CCOC(=O)c1c(NC(=O)CNc2cccc(Br)c2)sc(C(=O)NC)c1C. The van der Waals surface area contributed by atoms with Crippen LogP contribution in [0.2, 0.25) is 0 Å². The van der Waals surface area contributed by atoms with Gasteiger partial charge >= 0.3 is 5.97 Å². The van der Waals surface area contributed by atoms with E-state index in [0.717, 1.165) is 21.5 Å². The second kappa shape index (κ2) is 9.52. The number of benzene rings is 1. The average molecular weight is 454 g/mol. The molecule has 7 nitrogen and oxygen atoms in total. The topological polar surface area (TPSA) is 96.5 Å². The summed E-state index contributed by atoms with van der Waals surface area (Å²) < 4.78 is 5.95. The van der Waals surface area contributed by atoms with E-state index >= 15 is 0 Å². The summed E-state index contributed by atoms with van der Waals surface area (Å²) in [6, 6.07) is 7.41. The Bertz CT molecular complexity index is 866. The van der Waals surface area contributed by atoms with Crippen LogP contribution in [0, 0.1) is 6.92 Å². The molecule has 3 N–H and O–H groups in total. The molecule has 0 spiro atoms. The van der Waals surface area contributed by atoms with Crippen molar-refractivity contribution in [2.24, 2.45) is 0 Å². The summed E-state index contributed by atoms with van der Waals surface area (Å²) in [5.41, 5.74) is 1.46. The molecule has 0 aliphatic heterocycles. The summed E-state index contributed by atoms with van der Waals surface area (Å²) in [5, 5.41) is 8.53. The van der Waals surface area contributed by atoms with Gasteiger partial charge in [0.15, 0.2) is 0 Å². The van der Waals surface area contributed by atoms with Crippen LogP contribution in [0.1, 0.15) is 32.5 Å². The summed E-state index contributed by atoms with van der Waals surface area (Å²) >= 11 is 4.41. The van der Waals surface area contributed by atoms with Crippen molar-refractivity contribution >= 4 is 55.7 Å². The maximum Gasteiger partial charge on any atom is 0.341 e. The zero-order valence-electron chi connectivity index (χ0n) is 15.1. The van der Waals surface area contributed by atoms with Crippen LogP contribution in [0.15, 0.2) is 28.7 Å². The van der Waals surface area contributed by atoms with Gasteiger partial charge in [-0.1, -0.05) is 22.0 Å². The predicted molar refractivity (Wildman–Crippen MR) is 110 cm³/mol. The minimum absolute atomic E-state index is 0.00493. The molecule has 0 saturated carbocycles. The van der Waals surface area contributed by atoms with Crippen LogP contribution in [-0.4, -0.2) is 38.0 Å². The van der Waals surface area contributed by atoms with E-state index in [9.17, 15) is 14.4 Å². The minimum atomic E-state index is -0.573. The molecule has 0 saturated heterocycles. The van der Waals surface area contributed by atoms with E-state index in [4.69, 9.17) is 4.74 Å². The lowest BCUT2D eigenvalue weighted by Crippen LogP contribution is -2.22. The third kappa shape index (κ3) is 5.30. The first kappa shape index (κ1) is 20.9. The first-order chi connectivity index (χ1) is 12.9. The van der Waals surface area contributed by atoms with E-state index in [1.165, 1.54) is 7.05 Å². The molecule has 2 amide bonds. The standard InChI is InChI=1S/C18H20BrN3O4S/c1-4-26-18(25)14-10(2)15(16(24)20-3)27-17(14)22-13(23)9-21-12-7-5-6-11(19)8-12/h5-8,21H,4,9H2,1-3H3,(H,20,24)(H,22,23). The Morgan fingerprint density at radius 3 is 2.63 bits per heavy atom. The van der Waals surface area contributed by atoms with E-state index in [1.807, 2.05) is 24.3 Å². The number of amides is 2. The molecule has 144 valence electrons. The van der Waals surface area contributed by atoms with Crippen molar-refractivity contribution < 1.29 is 19.1 Å². The number of carbonyl (C=O) groups excluding carboxylic acids is 3. The highest BCUT2D eigenvalue weighted by Gasteiger charge is 2.26. The fraction of sp³-hybridized carbons (Fsp3) is 0.278. The van der Waals surface area contributed by atoms with Gasteiger partial charge in [0.2, 0.25) is 5.91 Å². The molecule has 1 heterocycles. The smallest absolute Gasteiger partial charge is 0.341 e. The second-order valence-corrected chi connectivity index (χ2v) is 7.41. The number of ether oxygens (including phenoxy) is 1. The fourth-order valence-corrected chi connectivity index (χ4v) is 3.89. The number of rotatable bonds is 7. The zero-order chi connectivity index (χ0) is 20.0. The predicted octanol–water partition coefficient (Wildman–Crippen LogP) is 3.41. The van der Waals surface area contributed by atoms with Gasteiger partial charge in [0.25, 0.3) is 5.91 Å². The van der Waals surface area contributed by atoms with Gasteiger partial charge in [-0.25, -0.2) is 4.79 Å². The highest BCUT2D eigenvalue weighted by Crippen LogP contribution is 2.33. The monoisotopic (exact) mass is 453 g/mol. The molecule has 1 aromatic heterocycles. The van der Waals surface area contributed by atoms with Crippen LogP contribution in [0.4, 0.5) is 10.7 Å². The Kier molecular flexibility index (Phi) is 7.37. The number of hydrogen-bond acceptors (Lipinski definition) is 6.